The van der Waals surface area contributed by atoms with E-state index < -0.39 is 6.43 Å². The second kappa shape index (κ2) is 8.85. The molecule has 9 heteroatoms. The van der Waals surface area contributed by atoms with Crippen molar-refractivity contribution in [1.29, 1.82) is 0 Å². The summed E-state index contributed by atoms with van der Waals surface area (Å²) in [4.78, 5) is 21.0. The molecule has 4 rings (SSSR count). The first kappa shape index (κ1) is 20.4. The lowest BCUT2D eigenvalue weighted by molar-refractivity contribution is -0.117. The predicted molar refractivity (Wildman–Crippen MR) is 112 cm³/mol. The Labute approximate surface area is 177 Å². The van der Waals surface area contributed by atoms with Crippen LogP contribution in [0.5, 0.6) is 0 Å². The van der Waals surface area contributed by atoms with Crippen LogP contribution in [-0.2, 0) is 4.79 Å². The van der Waals surface area contributed by atoms with Crippen molar-refractivity contribution in [2.75, 3.05) is 42.5 Å². The van der Waals surface area contributed by atoms with Crippen molar-refractivity contribution in [2.24, 2.45) is 0 Å². The summed E-state index contributed by atoms with van der Waals surface area (Å²) in [7, 11) is 0. The Morgan fingerprint density at radius 2 is 1.76 bits per heavy atom. The van der Waals surface area contributed by atoms with Gasteiger partial charge in [-0.25, -0.2) is 18.1 Å². The third-order valence-electron chi connectivity index (χ3n) is 5.07. The minimum atomic E-state index is -2.56. The summed E-state index contributed by atoms with van der Waals surface area (Å²) in [6, 6.07) is 10.7. The maximum absolute atomic E-state index is 13.0. The van der Waals surface area contributed by atoms with Gasteiger partial charge in [-0.3, -0.25) is 4.79 Å². The van der Waals surface area contributed by atoms with Gasteiger partial charge in [-0.15, -0.1) is 0 Å². The van der Waals surface area contributed by atoms with Crippen molar-refractivity contribution >= 4 is 41.0 Å². The van der Waals surface area contributed by atoms with E-state index in [1.165, 1.54) is 12.1 Å². The van der Waals surface area contributed by atoms with E-state index in [1.54, 1.807) is 11.9 Å². The van der Waals surface area contributed by atoms with Crippen molar-refractivity contribution in [2.45, 2.75) is 24.2 Å². The number of amides is 1. The number of hydrogen-bond donors (Lipinski definition) is 0. The van der Waals surface area contributed by atoms with Gasteiger partial charge >= 0.3 is 0 Å². The largest absolute Gasteiger partial charge is 0.354 e. The Morgan fingerprint density at radius 3 is 2.38 bits per heavy atom. The second-order valence-corrected chi connectivity index (χ2v) is 8.59. The predicted octanol–water partition coefficient (Wildman–Crippen LogP) is 4.63. The van der Waals surface area contributed by atoms with E-state index in [1.807, 2.05) is 34.1 Å². The van der Waals surface area contributed by atoms with Crippen LogP contribution in [0.1, 0.15) is 24.8 Å². The molecule has 5 nitrogen and oxygen atoms in total. The SMILES string of the molecule is O=C1CCCN1c1ccc(SN2CCN(c3cc(C(F)F)cc(Cl)n3)CC2)cc1. The summed E-state index contributed by atoms with van der Waals surface area (Å²) in [6.45, 7) is 3.70. The number of carbonyl (C=O) groups excluding carboxylic acids is 1. The van der Waals surface area contributed by atoms with E-state index in [4.69, 9.17) is 11.6 Å². The van der Waals surface area contributed by atoms with Gasteiger partial charge in [-0.05, 0) is 54.8 Å². The summed E-state index contributed by atoms with van der Waals surface area (Å²) >= 11 is 7.57. The maximum Gasteiger partial charge on any atom is 0.264 e. The van der Waals surface area contributed by atoms with Crippen molar-refractivity contribution in [1.82, 2.24) is 9.29 Å². The molecular formula is C20H21ClF2N4OS. The van der Waals surface area contributed by atoms with E-state index in [0.29, 0.717) is 25.3 Å². The van der Waals surface area contributed by atoms with E-state index in [2.05, 4.69) is 9.29 Å². The highest BCUT2D eigenvalue weighted by molar-refractivity contribution is 7.97. The fourth-order valence-electron chi connectivity index (χ4n) is 3.56. The molecule has 1 amide bonds. The van der Waals surface area contributed by atoms with E-state index in [-0.39, 0.29) is 16.6 Å². The summed E-state index contributed by atoms with van der Waals surface area (Å²) < 4.78 is 28.3. The zero-order valence-corrected chi connectivity index (χ0v) is 17.3. The molecule has 0 N–H and O–H groups in total. The molecule has 3 heterocycles. The maximum atomic E-state index is 13.0. The molecule has 2 fully saturated rings. The number of aromatic nitrogens is 1. The zero-order valence-electron chi connectivity index (χ0n) is 15.7. The quantitative estimate of drug-likeness (QED) is 0.503. The number of pyridine rings is 1. The molecule has 2 aromatic rings. The Morgan fingerprint density at radius 1 is 1.03 bits per heavy atom. The van der Waals surface area contributed by atoms with Crippen LogP contribution < -0.4 is 9.80 Å². The summed E-state index contributed by atoms with van der Waals surface area (Å²) in [5.74, 6) is 0.684. The minimum Gasteiger partial charge on any atom is -0.354 e. The van der Waals surface area contributed by atoms with Crippen LogP contribution in [0.25, 0.3) is 0 Å². The van der Waals surface area contributed by atoms with Crippen LogP contribution in [0.15, 0.2) is 41.3 Å². The highest BCUT2D eigenvalue weighted by Gasteiger charge is 2.23. The molecule has 29 heavy (non-hydrogen) atoms. The fraction of sp³-hybridized carbons (Fsp3) is 0.400. The number of anilines is 2. The molecule has 0 bridgehead atoms. The number of benzene rings is 1. The van der Waals surface area contributed by atoms with Crippen LogP contribution in [0, 0.1) is 0 Å². The van der Waals surface area contributed by atoms with Gasteiger partial charge in [0.05, 0.1) is 0 Å². The zero-order chi connectivity index (χ0) is 20.4. The molecule has 0 spiro atoms. The van der Waals surface area contributed by atoms with Gasteiger partial charge in [0.1, 0.15) is 11.0 Å². The van der Waals surface area contributed by atoms with Gasteiger partial charge < -0.3 is 9.80 Å². The number of piperazine rings is 1. The van der Waals surface area contributed by atoms with Crippen molar-refractivity contribution in [3.8, 4) is 0 Å². The van der Waals surface area contributed by atoms with Crippen LogP contribution in [-0.4, -0.2) is 47.9 Å². The standard InChI is InChI=1S/C20H21ClF2N4OS/c21-17-12-14(20(22)23)13-18(24-17)25-8-10-26(11-9-25)29-16-5-3-15(4-6-16)27-7-1-2-19(27)28/h3-6,12-13,20H,1-2,7-11H2. The first-order valence-corrected chi connectivity index (χ1v) is 10.7. The average Bonchev–Trinajstić information content (AvgIpc) is 3.14. The van der Waals surface area contributed by atoms with Crippen molar-refractivity contribution in [3.05, 3.63) is 47.1 Å². The monoisotopic (exact) mass is 438 g/mol. The highest BCUT2D eigenvalue weighted by atomic mass is 35.5. The van der Waals surface area contributed by atoms with Crippen molar-refractivity contribution in [3.63, 3.8) is 0 Å². The number of carbonyl (C=O) groups is 1. The minimum absolute atomic E-state index is 0.0891. The molecule has 2 saturated heterocycles. The molecule has 1 aromatic heterocycles. The molecular weight excluding hydrogens is 418 g/mol. The third kappa shape index (κ3) is 4.82. The smallest absolute Gasteiger partial charge is 0.264 e. The lowest BCUT2D eigenvalue weighted by Gasteiger charge is -2.34. The molecule has 2 aliphatic rings. The number of hydrogen-bond acceptors (Lipinski definition) is 5. The van der Waals surface area contributed by atoms with Gasteiger partial charge in [0, 0.05) is 55.3 Å². The van der Waals surface area contributed by atoms with E-state index in [0.717, 1.165) is 36.6 Å². The Hall–Kier alpha value is -1.90. The lowest BCUT2D eigenvalue weighted by Crippen LogP contribution is -2.43. The molecule has 0 unspecified atom stereocenters. The van der Waals surface area contributed by atoms with Crippen LogP contribution in [0.2, 0.25) is 5.15 Å². The first-order chi connectivity index (χ1) is 14.0. The topological polar surface area (TPSA) is 39.7 Å². The summed E-state index contributed by atoms with van der Waals surface area (Å²) in [6.07, 6.45) is -1.02. The van der Waals surface area contributed by atoms with E-state index in [9.17, 15) is 13.6 Å². The highest BCUT2D eigenvalue weighted by Crippen LogP contribution is 2.30. The van der Waals surface area contributed by atoms with Crippen molar-refractivity contribution < 1.29 is 13.6 Å². The van der Waals surface area contributed by atoms with Gasteiger partial charge in [0.25, 0.3) is 6.43 Å². The van der Waals surface area contributed by atoms with Gasteiger partial charge in [0.2, 0.25) is 5.91 Å². The Balaban J connectivity index is 1.34. The molecule has 154 valence electrons. The van der Waals surface area contributed by atoms with Crippen LogP contribution in [0.4, 0.5) is 20.3 Å². The molecule has 0 radical (unpaired) electrons. The van der Waals surface area contributed by atoms with Crippen LogP contribution in [0.3, 0.4) is 0 Å². The molecule has 0 aliphatic carbocycles. The summed E-state index contributed by atoms with van der Waals surface area (Å²) in [5.41, 5.74) is 0.844. The normalized spacial score (nSPS) is 18.1. The fourth-order valence-corrected chi connectivity index (χ4v) is 4.67. The molecule has 1 aromatic carbocycles. The number of halogens is 3. The average molecular weight is 439 g/mol. The van der Waals surface area contributed by atoms with Crippen LogP contribution >= 0.6 is 23.5 Å². The lowest BCUT2D eigenvalue weighted by atomic mass is 10.2. The molecule has 0 saturated carbocycles. The Bertz CT molecular complexity index is 875. The third-order valence-corrected chi connectivity index (χ3v) is 6.37. The van der Waals surface area contributed by atoms with Gasteiger partial charge in [-0.1, -0.05) is 11.6 Å². The second-order valence-electron chi connectivity index (χ2n) is 7.03. The van der Waals surface area contributed by atoms with E-state index >= 15 is 0 Å². The van der Waals surface area contributed by atoms with Gasteiger partial charge in [-0.2, -0.15) is 0 Å². The number of rotatable bonds is 5. The summed E-state index contributed by atoms with van der Waals surface area (Å²) in [5, 5.41) is 0.0891. The molecule has 2 aliphatic heterocycles. The number of nitrogens with zero attached hydrogens (tertiary/aromatic N) is 4. The number of alkyl halides is 2. The first-order valence-electron chi connectivity index (χ1n) is 9.53. The Kier molecular flexibility index (Phi) is 6.22. The molecule has 0 atom stereocenters. The van der Waals surface area contributed by atoms with Gasteiger partial charge in [0.15, 0.2) is 0 Å².